The molecule has 0 amide bonds. The lowest BCUT2D eigenvalue weighted by Gasteiger charge is -1.99. The van der Waals surface area contributed by atoms with Gasteiger partial charge in [-0.15, -0.1) is 0 Å². The van der Waals surface area contributed by atoms with Crippen molar-refractivity contribution in [1.29, 1.82) is 0 Å². The summed E-state index contributed by atoms with van der Waals surface area (Å²) in [6.07, 6.45) is 3.42. The quantitative estimate of drug-likeness (QED) is 0.586. The summed E-state index contributed by atoms with van der Waals surface area (Å²) < 4.78 is 3.97. The van der Waals surface area contributed by atoms with Gasteiger partial charge in [-0.25, -0.2) is 4.57 Å². The zero-order chi connectivity index (χ0) is 16.4. The highest BCUT2D eigenvalue weighted by molar-refractivity contribution is 5.65. The third kappa shape index (κ3) is 2.72. The molecule has 0 atom stereocenters. The maximum absolute atomic E-state index is 12.3. The van der Waals surface area contributed by atoms with E-state index in [1.54, 1.807) is 0 Å². The Morgan fingerprint density at radius 3 is 2.33 bits per heavy atom. The summed E-state index contributed by atoms with van der Waals surface area (Å²) in [6.45, 7) is 1.31. The number of imidazole rings is 1. The largest absolute Gasteiger partial charge is 0.309 e. The molecule has 2 aromatic carbocycles. The lowest BCUT2D eigenvalue weighted by Crippen LogP contribution is -2.33. The molecular formula is C19H17N4O+. The normalized spacial score (nSPS) is 11.0. The van der Waals surface area contributed by atoms with E-state index in [4.69, 9.17) is 0 Å². The van der Waals surface area contributed by atoms with Gasteiger partial charge >= 0.3 is 5.65 Å². The number of aromatic nitrogens is 4. The molecule has 118 valence electrons. The Kier molecular flexibility index (Phi) is 3.67. The number of fused-ring (bicyclic) bond motifs is 1. The fourth-order valence-corrected chi connectivity index (χ4v) is 2.93. The SMILES string of the molecule is O=c1[nH]cnc2c1n(Cc1ccccc1)c[n+]2Cc1ccccc1. The van der Waals surface area contributed by atoms with E-state index >= 15 is 0 Å². The second-order valence-electron chi connectivity index (χ2n) is 5.75. The van der Waals surface area contributed by atoms with Crippen LogP contribution in [0, 0.1) is 0 Å². The minimum atomic E-state index is -0.122. The van der Waals surface area contributed by atoms with Gasteiger partial charge < -0.3 is 0 Å². The minimum absolute atomic E-state index is 0.122. The van der Waals surface area contributed by atoms with Crippen LogP contribution in [0.2, 0.25) is 0 Å². The summed E-state index contributed by atoms with van der Waals surface area (Å²) in [4.78, 5) is 19.4. The van der Waals surface area contributed by atoms with Crippen molar-refractivity contribution in [2.45, 2.75) is 13.1 Å². The monoisotopic (exact) mass is 317 g/mol. The van der Waals surface area contributed by atoms with Crippen molar-refractivity contribution >= 4 is 11.2 Å². The molecule has 0 unspecified atom stereocenters. The van der Waals surface area contributed by atoms with Crippen LogP contribution in [0.25, 0.3) is 11.2 Å². The standard InChI is InChI=1S/C19H16N4O/c24-19-17-18(20-13-21-19)23(12-16-9-5-2-6-10-16)14-22(17)11-15-7-3-1-4-8-15/h1-10,13-14H,11-12H2/p+1. The third-order valence-electron chi connectivity index (χ3n) is 4.04. The van der Waals surface area contributed by atoms with E-state index in [0.717, 1.165) is 5.56 Å². The highest BCUT2D eigenvalue weighted by atomic mass is 16.1. The summed E-state index contributed by atoms with van der Waals surface area (Å²) >= 11 is 0. The van der Waals surface area contributed by atoms with Crippen molar-refractivity contribution in [3.8, 4) is 0 Å². The topological polar surface area (TPSA) is 54.6 Å². The Hall–Kier alpha value is -3.21. The van der Waals surface area contributed by atoms with Crippen LogP contribution < -0.4 is 10.1 Å². The molecule has 0 spiro atoms. The zero-order valence-corrected chi connectivity index (χ0v) is 13.1. The Morgan fingerprint density at radius 2 is 1.62 bits per heavy atom. The molecule has 5 nitrogen and oxygen atoms in total. The first-order valence-electron chi connectivity index (χ1n) is 7.85. The van der Waals surface area contributed by atoms with Crippen LogP contribution in [-0.4, -0.2) is 14.5 Å². The van der Waals surface area contributed by atoms with Gasteiger partial charge in [-0.3, -0.25) is 14.3 Å². The van der Waals surface area contributed by atoms with E-state index in [0.29, 0.717) is 24.3 Å². The third-order valence-corrected chi connectivity index (χ3v) is 4.04. The van der Waals surface area contributed by atoms with E-state index in [2.05, 4.69) is 34.2 Å². The fourth-order valence-electron chi connectivity index (χ4n) is 2.93. The molecule has 0 fully saturated rings. The minimum Gasteiger partial charge on any atom is -0.296 e. The molecule has 24 heavy (non-hydrogen) atoms. The molecule has 0 bridgehead atoms. The number of H-pyrrole nitrogens is 1. The van der Waals surface area contributed by atoms with Crippen LogP contribution in [0.5, 0.6) is 0 Å². The van der Waals surface area contributed by atoms with Gasteiger partial charge in [0.25, 0.3) is 5.56 Å². The van der Waals surface area contributed by atoms with Gasteiger partial charge in [0.1, 0.15) is 0 Å². The van der Waals surface area contributed by atoms with Crippen LogP contribution >= 0.6 is 0 Å². The molecule has 5 heteroatoms. The smallest absolute Gasteiger partial charge is 0.296 e. The molecule has 4 aromatic rings. The number of nitrogens with one attached hydrogen (secondary N) is 1. The van der Waals surface area contributed by atoms with Crippen LogP contribution in [0.15, 0.2) is 78.1 Å². The summed E-state index contributed by atoms with van der Waals surface area (Å²) in [5, 5.41) is 0. The van der Waals surface area contributed by atoms with E-state index in [-0.39, 0.29) is 5.56 Å². The van der Waals surface area contributed by atoms with Gasteiger partial charge in [-0.05, 0) is 11.1 Å². The van der Waals surface area contributed by atoms with Gasteiger partial charge in [0.15, 0.2) is 12.7 Å². The van der Waals surface area contributed by atoms with Crippen LogP contribution in [0.3, 0.4) is 0 Å². The van der Waals surface area contributed by atoms with Gasteiger partial charge in [-0.2, -0.15) is 0 Å². The highest BCUT2D eigenvalue weighted by Crippen LogP contribution is 2.09. The van der Waals surface area contributed by atoms with Crippen molar-refractivity contribution in [2.24, 2.45) is 0 Å². The summed E-state index contributed by atoms with van der Waals surface area (Å²) in [7, 11) is 0. The summed E-state index contributed by atoms with van der Waals surface area (Å²) in [5.41, 5.74) is 3.48. The molecule has 0 aliphatic carbocycles. The lowest BCUT2D eigenvalue weighted by atomic mass is 10.2. The molecule has 0 radical (unpaired) electrons. The van der Waals surface area contributed by atoms with E-state index < -0.39 is 0 Å². The molecular weight excluding hydrogens is 300 g/mol. The highest BCUT2D eigenvalue weighted by Gasteiger charge is 2.20. The van der Waals surface area contributed by atoms with Gasteiger partial charge in [-0.1, -0.05) is 65.6 Å². The molecule has 0 saturated carbocycles. The predicted molar refractivity (Wildman–Crippen MR) is 91.6 cm³/mol. The van der Waals surface area contributed by atoms with Crippen molar-refractivity contribution < 1.29 is 4.57 Å². The first-order chi connectivity index (χ1) is 11.8. The van der Waals surface area contributed by atoms with Gasteiger partial charge in [0.2, 0.25) is 5.52 Å². The number of aromatic amines is 1. The average molecular weight is 317 g/mol. The molecule has 0 saturated heterocycles. The molecule has 1 N–H and O–H groups in total. The molecule has 2 heterocycles. The van der Waals surface area contributed by atoms with Crippen LogP contribution in [0.1, 0.15) is 11.1 Å². The van der Waals surface area contributed by atoms with Gasteiger partial charge in [0, 0.05) is 0 Å². The molecule has 0 aliphatic heterocycles. The Labute approximate surface area is 138 Å². The van der Waals surface area contributed by atoms with E-state index in [1.165, 1.54) is 11.9 Å². The van der Waals surface area contributed by atoms with Crippen molar-refractivity contribution in [3.63, 3.8) is 0 Å². The van der Waals surface area contributed by atoms with Crippen molar-refractivity contribution in [1.82, 2.24) is 14.5 Å². The first-order valence-corrected chi connectivity index (χ1v) is 7.85. The molecule has 2 aromatic heterocycles. The summed E-state index contributed by atoms with van der Waals surface area (Å²) in [5.74, 6) is 0. The number of nitrogens with zero attached hydrogens (tertiary/aromatic N) is 3. The van der Waals surface area contributed by atoms with E-state index in [1.807, 2.05) is 51.9 Å². The van der Waals surface area contributed by atoms with Crippen molar-refractivity contribution in [3.05, 3.63) is 94.8 Å². The molecule has 4 rings (SSSR count). The van der Waals surface area contributed by atoms with E-state index in [9.17, 15) is 4.79 Å². The summed E-state index contributed by atoms with van der Waals surface area (Å²) in [6, 6.07) is 20.3. The van der Waals surface area contributed by atoms with Gasteiger partial charge in [0.05, 0.1) is 13.1 Å². The maximum Gasteiger partial charge on any atom is 0.309 e. The Morgan fingerprint density at radius 1 is 0.958 bits per heavy atom. The number of hydrogen-bond donors (Lipinski definition) is 1. The van der Waals surface area contributed by atoms with Crippen molar-refractivity contribution in [2.75, 3.05) is 0 Å². The van der Waals surface area contributed by atoms with Crippen LogP contribution in [-0.2, 0) is 13.1 Å². The zero-order valence-electron chi connectivity index (χ0n) is 13.1. The molecule has 0 aliphatic rings. The first kappa shape index (κ1) is 14.4. The van der Waals surface area contributed by atoms with Crippen LogP contribution in [0.4, 0.5) is 0 Å². The number of hydrogen-bond acceptors (Lipinski definition) is 2. The second kappa shape index (κ2) is 6.12. The number of rotatable bonds is 4. The maximum atomic E-state index is 12.3. The Bertz CT molecular complexity index is 1020. The predicted octanol–water partition coefficient (Wildman–Crippen LogP) is 2.11. The fraction of sp³-hybridized carbons (Fsp3) is 0.105. The number of benzene rings is 2. The average Bonchev–Trinajstić information content (AvgIpc) is 2.95. The lowest BCUT2D eigenvalue weighted by molar-refractivity contribution is -0.665. The second-order valence-corrected chi connectivity index (χ2v) is 5.75. The Balaban J connectivity index is 1.81.